The van der Waals surface area contributed by atoms with Gasteiger partial charge in [-0.1, -0.05) is 76.3 Å². The lowest BCUT2D eigenvalue weighted by molar-refractivity contribution is 0.265. The van der Waals surface area contributed by atoms with Gasteiger partial charge in [-0.15, -0.1) is 6.58 Å². The van der Waals surface area contributed by atoms with Crippen LogP contribution in [0.5, 0.6) is 0 Å². The molecule has 2 fully saturated rings. The number of furan rings is 1. The van der Waals surface area contributed by atoms with Gasteiger partial charge in [0.1, 0.15) is 11.7 Å². The van der Waals surface area contributed by atoms with Gasteiger partial charge < -0.3 is 14.2 Å². The van der Waals surface area contributed by atoms with Crippen molar-refractivity contribution < 1.29 is 4.42 Å². The normalized spacial score (nSPS) is 29.7. The minimum atomic E-state index is 0.192. The number of anilines is 1. The smallest absolute Gasteiger partial charge is 0.159 e. The summed E-state index contributed by atoms with van der Waals surface area (Å²) in [6.07, 6.45) is 18.7. The van der Waals surface area contributed by atoms with E-state index in [-0.39, 0.29) is 10.8 Å². The van der Waals surface area contributed by atoms with Crippen LogP contribution in [0.4, 0.5) is 5.69 Å². The third-order valence-electron chi connectivity index (χ3n) is 9.94. The summed E-state index contributed by atoms with van der Waals surface area (Å²) in [6.45, 7) is 10.1. The van der Waals surface area contributed by atoms with Crippen LogP contribution >= 0.6 is 0 Å². The Hall–Kier alpha value is -2.68. The van der Waals surface area contributed by atoms with Crippen LogP contribution in [0.2, 0.25) is 0 Å². The molecule has 1 spiro atoms. The first-order valence-electron chi connectivity index (χ1n) is 14.0. The summed E-state index contributed by atoms with van der Waals surface area (Å²) >= 11 is 0. The van der Waals surface area contributed by atoms with Crippen LogP contribution in [0.3, 0.4) is 0 Å². The second-order valence-electron chi connectivity index (χ2n) is 11.5. The molecule has 4 aliphatic rings. The average Bonchev–Trinajstić information content (AvgIpc) is 3.27. The van der Waals surface area contributed by atoms with E-state index >= 15 is 0 Å². The van der Waals surface area contributed by atoms with Crippen LogP contribution in [-0.2, 0) is 11.8 Å². The molecule has 0 N–H and O–H groups in total. The number of hydrogen-bond donors (Lipinski definition) is 0. The monoisotopic (exact) mass is 466 g/mol. The van der Waals surface area contributed by atoms with Crippen LogP contribution in [0.15, 0.2) is 59.8 Å². The highest BCUT2D eigenvalue weighted by molar-refractivity contribution is 6.10. The molecule has 2 aromatic carbocycles. The van der Waals surface area contributed by atoms with Gasteiger partial charge in [0.05, 0.1) is 5.69 Å². The standard InChI is InChI=1S/C32H38N2O/c1-4-7-8-9-10-11-22-12-13-23-24-14-15-25-28(29(24)35-26(23)21-22)34-20-19-33-18-17-32(30(33)34)27(6-3)31(25,32)16-5-2/h6,12-15,19-21,27,30H,3-5,7-11,16-18H2,1-2H3/t27?,30-,31?,32-/m1/s1. The van der Waals surface area contributed by atoms with Crippen molar-refractivity contribution in [2.75, 3.05) is 11.4 Å². The van der Waals surface area contributed by atoms with Gasteiger partial charge in [-0.3, -0.25) is 0 Å². The van der Waals surface area contributed by atoms with E-state index < -0.39 is 0 Å². The Morgan fingerprint density at radius 3 is 2.71 bits per heavy atom. The van der Waals surface area contributed by atoms with Crippen molar-refractivity contribution in [3.05, 3.63) is 66.5 Å². The van der Waals surface area contributed by atoms with E-state index in [9.17, 15) is 0 Å². The second-order valence-corrected chi connectivity index (χ2v) is 11.5. The average molecular weight is 467 g/mol. The molecule has 1 aliphatic carbocycles. The van der Waals surface area contributed by atoms with Crippen molar-refractivity contribution >= 4 is 27.6 Å². The fourth-order valence-corrected chi connectivity index (χ4v) is 8.61. The van der Waals surface area contributed by atoms with Crippen molar-refractivity contribution in [3.8, 4) is 0 Å². The van der Waals surface area contributed by atoms with E-state index in [0.29, 0.717) is 12.1 Å². The quantitative estimate of drug-likeness (QED) is 0.234. The molecule has 35 heavy (non-hydrogen) atoms. The van der Waals surface area contributed by atoms with Crippen molar-refractivity contribution in [1.29, 1.82) is 0 Å². The number of nitrogens with zero attached hydrogens (tertiary/aromatic N) is 2. The maximum Gasteiger partial charge on any atom is 0.159 e. The lowest BCUT2D eigenvalue weighted by atomic mass is 9.76. The van der Waals surface area contributed by atoms with Gasteiger partial charge in [0.25, 0.3) is 0 Å². The fourth-order valence-electron chi connectivity index (χ4n) is 8.61. The van der Waals surface area contributed by atoms with Crippen molar-refractivity contribution in [2.24, 2.45) is 11.3 Å². The molecular formula is C32H38N2O. The molecular weight excluding hydrogens is 428 g/mol. The lowest BCUT2D eigenvalue weighted by Crippen LogP contribution is -2.46. The van der Waals surface area contributed by atoms with E-state index in [4.69, 9.17) is 4.42 Å². The summed E-state index contributed by atoms with van der Waals surface area (Å²) in [5.41, 5.74) is 6.82. The third kappa shape index (κ3) is 2.57. The minimum absolute atomic E-state index is 0.192. The van der Waals surface area contributed by atoms with E-state index in [1.807, 2.05) is 0 Å². The van der Waals surface area contributed by atoms with Crippen molar-refractivity contribution in [3.63, 3.8) is 0 Å². The molecule has 4 atom stereocenters. The zero-order chi connectivity index (χ0) is 23.8. The first-order valence-corrected chi connectivity index (χ1v) is 14.0. The Morgan fingerprint density at radius 2 is 1.89 bits per heavy atom. The van der Waals surface area contributed by atoms with E-state index in [1.165, 1.54) is 79.0 Å². The van der Waals surface area contributed by atoms with Crippen LogP contribution in [0.25, 0.3) is 21.9 Å². The zero-order valence-corrected chi connectivity index (χ0v) is 21.4. The Labute approximate surface area is 209 Å². The maximum atomic E-state index is 6.77. The van der Waals surface area contributed by atoms with Gasteiger partial charge in [0.15, 0.2) is 5.58 Å². The molecule has 1 saturated heterocycles. The van der Waals surface area contributed by atoms with Gasteiger partial charge in [0, 0.05) is 40.5 Å². The molecule has 1 saturated carbocycles. The van der Waals surface area contributed by atoms with Gasteiger partial charge in [-0.05, 0) is 48.8 Å². The van der Waals surface area contributed by atoms with E-state index in [0.717, 1.165) is 24.1 Å². The fraction of sp³-hybridized carbons (Fsp3) is 0.500. The Bertz CT molecular complexity index is 1350. The second kappa shape index (κ2) is 7.66. The predicted molar refractivity (Wildman–Crippen MR) is 146 cm³/mol. The van der Waals surface area contributed by atoms with Crippen LogP contribution < -0.4 is 4.90 Å². The summed E-state index contributed by atoms with van der Waals surface area (Å²) in [4.78, 5) is 5.13. The minimum Gasteiger partial charge on any atom is -0.454 e. The number of benzene rings is 2. The molecule has 0 bridgehead atoms. The number of fused-ring (bicyclic) bond motifs is 7. The highest BCUT2D eigenvalue weighted by atomic mass is 16.3. The molecule has 3 aromatic rings. The molecule has 4 heterocycles. The molecule has 3 heteroatoms. The van der Waals surface area contributed by atoms with Gasteiger partial charge in [0.2, 0.25) is 0 Å². The van der Waals surface area contributed by atoms with Crippen LogP contribution in [0.1, 0.15) is 76.3 Å². The molecule has 3 aliphatic heterocycles. The Morgan fingerprint density at radius 1 is 1.03 bits per heavy atom. The van der Waals surface area contributed by atoms with Crippen molar-refractivity contribution in [2.45, 2.75) is 83.2 Å². The molecule has 1 aromatic heterocycles. The molecule has 7 rings (SSSR count). The molecule has 0 amide bonds. The summed E-state index contributed by atoms with van der Waals surface area (Å²) < 4.78 is 6.77. The number of allylic oxidation sites excluding steroid dienone is 1. The van der Waals surface area contributed by atoms with Crippen LogP contribution in [0, 0.1) is 11.3 Å². The number of aryl methyl sites for hydroxylation is 1. The van der Waals surface area contributed by atoms with E-state index in [2.05, 4.69) is 79.0 Å². The Balaban J connectivity index is 1.35. The van der Waals surface area contributed by atoms with Gasteiger partial charge in [-0.2, -0.15) is 0 Å². The van der Waals surface area contributed by atoms with Crippen LogP contribution in [-0.4, -0.2) is 17.6 Å². The van der Waals surface area contributed by atoms with E-state index in [1.54, 1.807) is 0 Å². The topological polar surface area (TPSA) is 19.6 Å². The van der Waals surface area contributed by atoms with Gasteiger partial charge >= 0.3 is 0 Å². The summed E-state index contributed by atoms with van der Waals surface area (Å²) in [5, 5.41) is 2.51. The molecule has 2 unspecified atom stereocenters. The first-order chi connectivity index (χ1) is 17.2. The van der Waals surface area contributed by atoms with Gasteiger partial charge in [-0.25, -0.2) is 0 Å². The SMILES string of the molecule is C=CC1C2(CCC)c3ccc4c(oc5cc(CCCCCCC)ccc54)c3N3C=CN4CC[C@]12[C@H]43. The lowest BCUT2D eigenvalue weighted by Gasteiger charge is -2.41. The highest BCUT2D eigenvalue weighted by Crippen LogP contribution is 2.82. The summed E-state index contributed by atoms with van der Waals surface area (Å²) in [7, 11) is 0. The first kappa shape index (κ1) is 21.6. The number of hydrogen-bond acceptors (Lipinski definition) is 3. The molecule has 0 radical (unpaired) electrons. The molecule has 182 valence electrons. The number of rotatable bonds is 9. The van der Waals surface area contributed by atoms with Crippen molar-refractivity contribution in [1.82, 2.24) is 4.90 Å². The third-order valence-corrected chi connectivity index (χ3v) is 9.94. The highest BCUT2D eigenvalue weighted by Gasteiger charge is 2.83. The summed E-state index contributed by atoms with van der Waals surface area (Å²) in [5.74, 6) is 0.537. The predicted octanol–water partition coefficient (Wildman–Crippen LogP) is 8.28. The molecule has 3 nitrogen and oxygen atoms in total. The summed E-state index contributed by atoms with van der Waals surface area (Å²) in [6, 6.07) is 11.7. The maximum absolute atomic E-state index is 6.77. The Kier molecular flexibility index (Phi) is 4.72. The zero-order valence-electron chi connectivity index (χ0n) is 21.4. The number of unbranched alkanes of at least 4 members (excludes halogenated alkanes) is 4. The largest absolute Gasteiger partial charge is 0.454 e.